The van der Waals surface area contributed by atoms with Crippen molar-refractivity contribution in [3.8, 4) is 0 Å². The van der Waals surface area contributed by atoms with Crippen LogP contribution in [0.5, 0.6) is 0 Å². The maximum absolute atomic E-state index is 11.8. The summed E-state index contributed by atoms with van der Waals surface area (Å²) in [6.07, 6.45) is -1.05. The van der Waals surface area contributed by atoms with Crippen molar-refractivity contribution in [2.45, 2.75) is 13.0 Å². The standard InChI is InChI=1S/C15H19N3O3/c1-10(19)17-5-7-18(8-6-17)11-3-4-12-13(9-11)16(2)15(21)14(12)20/h3-4,9,14,20H,5-8H2,1-2H3. The van der Waals surface area contributed by atoms with Crippen molar-refractivity contribution in [3.05, 3.63) is 23.8 Å². The number of carbonyl (C=O) groups is 2. The Morgan fingerprint density at radius 2 is 1.90 bits per heavy atom. The van der Waals surface area contributed by atoms with E-state index in [1.165, 1.54) is 4.90 Å². The van der Waals surface area contributed by atoms with Gasteiger partial charge in [-0.1, -0.05) is 6.07 Å². The fourth-order valence-electron chi connectivity index (χ4n) is 2.97. The summed E-state index contributed by atoms with van der Waals surface area (Å²) >= 11 is 0. The summed E-state index contributed by atoms with van der Waals surface area (Å²) in [5, 5.41) is 9.87. The molecule has 1 aromatic rings. The fourth-order valence-corrected chi connectivity index (χ4v) is 2.97. The minimum absolute atomic E-state index is 0.108. The number of rotatable bonds is 1. The molecule has 0 radical (unpaired) electrons. The van der Waals surface area contributed by atoms with Crippen molar-refractivity contribution in [1.82, 2.24) is 4.90 Å². The first-order chi connectivity index (χ1) is 9.99. The number of benzene rings is 1. The van der Waals surface area contributed by atoms with E-state index in [-0.39, 0.29) is 11.8 Å². The summed E-state index contributed by atoms with van der Waals surface area (Å²) in [5.41, 5.74) is 2.44. The first-order valence-corrected chi connectivity index (χ1v) is 7.09. The lowest BCUT2D eigenvalue weighted by molar-refractivity contribution is -0.129. The van der Waals surface area contributed by atoms with E-state index in [4.69, 9.17) is 0 Å². The highest BCUT2D eigenvalue weighted by Gasteiger charge is 2.34. The zero-order valence-electron chi connectivity index (χ0n) is 12.2. The van der Waals surface area contributed by atoms with Crippen LogP contribution in [-0.4, -0.2) is 55.0 Å². The van der Waals surface area contributed by atoms with E-state index < -0.39 is 6.10 Å². The molecule has 1 atom stereocenters. The van der Waals surface area contributed by atoms with Crippen LogP contribution in [0.15, 0.2) is 18.2 Å². The topological polar surface area (TPSA) is 64.1 Å². The van der Waals surface area contributed by atoms with E-state index in [0.717, 1.165) is 24.5 Å². The first-order valence-electron chi connectivity index (χ1n) is 7.09. The third-order valence-corrected chi connectivity index (χ3v) is 4.32. The van der Waals surface area contributed by atoms with Gasteiger partial charge in [0.25, 0.3) is 5.91 Å². The third kappa shape index (κ3) is 2.25. The molecule has 2 heterocycles. The second-order valence-electron chi connectivity index (χ2n) is 5.54. The fraction of sp³-hybridized carbons (Fsp3) is 0.467. The van der Waals surface area contributed by atoms with E-state index in [1.807, 2.05) is 23.1 Å². The van der Waals surface area contributed by atoms with Crippen molar-refractivity contribution in [1.29, 1.82) is 0 Å². The SMILES string of the molecule is CC(=O)N1CCN(c2ccc3c(c2)N(C)C(=O)C3O)CC1. The van der Waals surface area contributed by atoms with E-state index in [1.54, 1.807) is 14.0 Å². The summed E-state index contributed by atoms with van der Waals surface area (Å²) in [6.45, 7) is 4.57. The Hall–Kier alpha value is -2.08. The van der Waals surface area contributed by atoms with Gasteiger partial charge in [0.05, 0.1) is 5.69 Å². The zero-order chi connectivity index (χ0) is 15.1. The molecule has 3 rings (SSSR count). The van der Waals surface area contributed by atoms with E-state index in [0.29, 0.717) is 18.7 Å². The second-order valence-corrected chi connectivity index (χ2v) is 5.54. The molecular weight excluding hydrogens is 270 g/mol. The van der Waals surface area contributed by atoms with Gasteiger partial charge in [0, 0.05) is 51.4 Å². The Bertz CT molecular complexity index is 594. The molecule has 1 unspecified atom stereocenters. The summed E-state index contributed by atoms with van der Waals surface area (Å²) in [4.78, 5) is 28.7. The van der Waals surface area contributed by atoms with Crippen LogP contribution in [0.1, 0.15) is 18.6 Å². The van der Waals surface area contributed by atoms with Crippen LogP contribution in [0, 0.1) is 0 Å². The van der Waals surface area contributed by atoms with Crippen molar-refractivity contribution >= 4 is 23.2 Å². The average Bonchev–Trinajstić information content (AvgIpc) is 2.72. The molecule has 0 aromatic heterocycles. The molecule has 6 heteroatoms. The van der Waals surface area contributed by atoms with Gasteiger partial charge < -0.3 is 19.8 Å². The highest BCUT2D eigenvalue weighted by Crippen LogP contribution is 2.37. The molecule has 0 saturated carbocycles. The van der Waals surface area contributed by atoms with Crippen molar-refractivity contribution in [2.75, 3.05) is 43.0 Å². The van der Waals surface area contributed by atoms with Crippen LogP contribution in [0.4, 0.5) is 11.4 Å². The predicted octanol–water partition coefficient (Wildman–Crippen LogP) is 0.365. The molecule has 2 amide bonds. The van der Waals surface area contributed by atoms with Crippen LogP contribution in [0.2, 0.25) is 0 Å². The predicted molar refractivity (Wildman–Crippen MR) is 79.3 cm³/mol. The summed E-state index contributed by atoms with van der Waals surface area (Å²) in [6, 6.07) is 5.68. The van der Waals surface area contributed by atoms with Crippen molar-refractivity contribution in [3.63, 3.8) is 0 Å². The normalized spacial score (nSPS) is 21.8. The van der Waals surface area contributed by atoms with Gasteiger partial charge in [0.15, 0.2) is 6.10 Å². The van der Waals surface area contributed by atoms with Crippen molar-refractivity contribution in [2.24, 2.45) is 0 Å². The van der Waals surface area contributed by atoms with E-state index >= 15 is 0 Å². The number of aliphatic hydroxyl groups excluding tert-OH is 1. The second kappa shape index (κ2) is 5.04. The van der Waals surface area contributed by atoms with Crippen LogP contribution in [-0.2, 0) is 9.59 Å². The monoisotopic (exact) mass is 289 g/mol. The molecule has 6 nitrogen and oxygen atoms in total. The molecule has 1 fully saturated rings. The summed E-state index contributed by atoms with van der Waals surface area (Å²) in [5.74, 6) is -0.180. The molecule has 0 aliphatic carbocycles. The Kier molecular flexibility index (Phi) is 3.33. The van der Waals surface area contributed by atoms with Gasteiger partial charge in [-0.25, -0.2) is 0 Å². The van der Waals surface area contributed by atoms with Gasteiger partial charge in [0.2, 0.25) is 5.91 Å². The molecule has 0 spiro atoms. The number of anilines is 2. The Morgan fingerprint density at radius 1 is 1.24 bits per heavy atom. The molecule has 1 saturated heterocycles. The average molecular weight is 289 g/mol. The lowest BCUT2D eigenvalue weighted by Crippen LogP contribution is -2.48. The Balaban J connectivity index is 1.80. The number of aliphatic hydroxyl groups is 1. The van der Waals surface area contributed by atoms with Crippen LogP contribution in [0.3, 0.4) is 0 Å². The lowest BCUT2D eigenvalue weighted by atomic mass is 10.1. The Labute approximate surface area is 123 Å². The lowest BCUT2D eigenvalue weighted by Gasteiger charge is -2.35. The molecule has 2 aliphatic rings. The van der Waals surface area contributed by atoms with E-state index in [9.17, 15) is 14.7 Å². The molecule has 1 N–H and O–H groups in total. The summed E-state index contributed by atoms with van der Waals surface area (Å²) < 4.78 is 0. The third-order valence-electron chi connectivity index (χ3n) is 4.32. The number of fused-ring (bicyclic) bond motifs is 1. The summed E-state index contributed by atoms with van der Waals surface area (Å²) in [7, 11) is 1.68. The highest BCUT2D eigenvalue weighted by molar-refractivity contribution is 6.03. The molecule has 1 aromatic carbocycles. The molecule has 2 aliphatic heterocycles. The molecule has 21 heavy (non-hydrogen) atoms. The zero-order valence-corrected chi connectivity index (χ0v) is 12.2. The van der Waals surface area contributed by atoms with Gasteiger partial charge in [-0.3, -0.25) is 9.59 Å². The van der Waals surface area contributed by atoms with Crippen LogP contribution < -0.4 is 9.80 Å². The van der Waals surface area contributed by atoms with Crippen molar-refractivity contribution < 1.29 is 14.7 Å². The van der Waals surface area contributed by atoms with Gasteiger partial charge in [-0.15, -0.1) is 0 Å². The molecule has 0 bridgehead atoms. The molecule has 112 valence electrons. The number of hydrogen-bond acceptors (Lipinski definition) is 4. The maximum atomic E-state index is 11.8. The van der Waals surface area contributed by atoms with Gasteiger partial charge >= 0.3 is 0 Å². The number of hydrogen-bond donors (Lipinski definition) is 1. The smallest absolute Gasteiger partial charge is 0.260 e. The highest BCUT2D eigenvalue weighted by atomic mass is 16.3. The minimum atomic E-state index is -1.05. The first kappa shape index (κ1) is 13.9. The maximum Gasteiger partial charge on any atom is 0.260 e. The molecular formula is C15H19N3O3. The number of amides is 2. The van der Waals surface area contributed by atoms with Gasteiger partial charge in [-0.2, -0.15) is 0 Å². The largest absolute Gasteiger partial charge is 0.378 e. The van der Waals surface area contributed by atoms with Gasteiger partial charge in [0.1, 0.15) is 0 Å². The number of nitrogens with zero attached hydrogens (tertiary/aromatic N) is 3. The van der Waals surface area contributed by atoms with E-state index in [2.05, 4.69) is 4.90 Å². The number of piperazine rings is 1. The Morgan fingerprint density at radius 3 is 2.52 bits per heavy atom. The minimum Gasteiger partial charge on any atom is -0.378 e. The van der Waals surface area contributed by atoms with Crippen LogP contribution in [0.25, 0.3) is 0 Å². The number of carbonyl (C=O) groups excluding carboxylic acids is 2. The van der Waals surface area contributed by atoms with Gasteiger partial charge in [-0.05, 0) is 12.1 Å². The van der Waals surface area contributed by atoms with Crippen LogP contribution >= 0.6 is 0 Å². The number of likely N-dealkylation sites (N-methyl/N-ethyl adjacent to an activating group) is 1. The quantitative estimate of drug-likeness (QED) is 0.811.